The fourth-order valence-corrected chi connectivity index (χ4v) is 2.86. The Hall–Kier alpha value is -2.84. The van der Waals surface area contributed by atoms with E-state index < -0.39 is 0 Å². The van der Waals surface area contributed by atoms with Crippen molar-refractivity contribution in [3.63, 3.8) is 0 Å². The molecule has 0 atom stereocenters. The van der Waals surface area contributed by atoms with Gasteiger partial charge in [0.25, 0.3) is 0 Å². The summed E-state index contributed by atoms with van der Waals surface area (Å²) in [7, 11) is 0. The van der Waals surface area contributed by atoms with Gasteiger partial charge in [-0.3, -0.25) is 0 Å². The number of hydrogen-bond acceptors (Lipinski definition) is 1. The first-order valence-corrected chi connectivity index (χ1v) is 8.15. The quantitative estimate of drug-likeness (QED) is 0.460. The van der Waals surface area contributed by atoms with E-state index >= 15 is 0 Å². The number of hydrogen-bond donors (Lipinski definition) is 0. The van der Waals surface area contributed by atoms with Crippen LogP contribution in [0.3, 0.4) is 0 Å². The van der Waals surface area contributed by atoms with Crippen LogP contribution in [0.25, 0.3) is 28.1 Å². The summed E-state index contributed by atoms with van der Waals surface area (Å²) in [5.41, 5.74) is 5.27. The molecule has 116 valence electrons. The third-order valence-electron chi connectivity index (χ3n) is 3.94. The Labute approximate surface area is 146 Å². The molecule has 0 saturated heterocycles. The number of para-hydroxylation sites is 1. The number of aromatic nitrogens is 2. The van der Waals surface area contributed by atoms with Gasteiger partial charge in [-0.1, -0.05) is 72.3 Å². The number of halogens is 1. The maximum atomic E-state index is 6.04. The monoisotopic (exact) mass is 330 g/mol. The lowest BCUT2D eigenvalue weighted by Gasteiger charge is -2.02. The minimum absolute atomic E-state index is 0.732. The highest BCUT2D eigenvalue weighted by molar-refractivity contribution is 6.30. The summed E-state index contributed by atoms with van der Waals surface area (Å²) in [5, 5.41) is 5.57. The predicted molar refractivity (Wildman–Crippen MR) is 99.4 cm³/mol. The Bertz CT molecular complexity index is 942. The summed E-state index contributed by atoms with van der Waals surface area (Å²) in [6.45, 7) is 0. The maximum absolute atomic E-state index is 6.04. The van der Waals surface area contributed by atoms with E-state index in [0.29, 0.717) is 0 Å². The predicted octanol–water partition coefficient (Wildman–Crippen LogP) is 5.86. The summed E-state index contributed by atoms with van der Waals surface area (Å²) in [5.74, 6) is 0. The lowest BCUT2D eigenvalue weighted by Crippen LogP contribution is -1.93. The minimum atomic E-state index is 0.732. The summed E-state index contributed by atoms with van der Waals surface area (Å²) < 4.78 is 1.92. The molecule has 0 saturated carbocycles. The van der Waals surface area contributed by atoms with E-state index in [1.807, 2.05) is 77.5 Å². The largest absolute Gasteiger partial charge is 0.240 e. The Morgan fingerprint density at radius 2 is 1.29 bits per heavy atom. The minimum Gasteiger partial charge on any atom is -0.240 e. The van der Waals surface area contributed by atoms with Crippen molar-refractivity contribution >= 4 is 11.6 Å². The molecule has 0 bridgehead atoms. The average molecular weight is 331 g/mol. The Balaban J connectivity index is 1.90. The van der Waals surface area contributed by atoms with Gasteiger partial charge in [0, 0.05) is 22.3 Å². The molecule has 0 amide bonds. The number of rotatable bonds is 3. The van der Waals surface area contributed by atoms with E-state index in [0.717, 1.165) is 33.1 Å². The molecular formula is C21H15ClN2. The molecule has 0 radical (unpaired) electrons. The molecule has 4 rings (SSSR count). The van der Waals surface area contributed by atoms with Gasteiger partial charge < -0.3 is 0 Å². The molecular weight excluding hydrogens is 316 g/mol. The van der Waals surface area contributed by atoms with Crippen LogP contribution >= 0.6 is 11.6 Å². The van der Waals surface area contributed by atoms with E-state index in [4.69, 9.17) is 16.7 Å². The molecule has 4 aromatic rings. The highest BCUT2D eigenvalue weighted by Gasteiger charge is 2.13. The first-order valence-electron chi connectivity index (χ1n) is 7.78. The zero-order chi connectivity index (χ0) is 16.4. The second-order valence-electron chi connectivity index (χ2n) is 5.54. The van der Waals surface area contributed by atoms with Crippen molar-refractivity contribution < 1.29 is 0 Å². The standard InChI is InChI=1S/C21H15ClN2/c22-18-13-11-16(12-14-18)20-15-24(19-9-5-2-6-10-19)23-21(20)17-7-3-1-4-8-17/h1-15H. The van der Waals surface area contributed by atoms with Gasteiger partial charge in [-0.05, 0) is 29.8 Å². The van der Waals surface area contributed by atoms with Crippen molar-refractivity contribution in [3.8, 4) is 28.1 Å². The molecule has 0 fully saturated rings. The molecule has 3 aromatic carbocycles. The zero-order valence-corrected chi connectivity index (χ0v) is 13.7. The third-order valence-corrected chi connectivity index (χ3v) is 4.19. The van der Waals surface area contributed by atoms with Crippen molar-refractivity contribution in [3.05, 3.63) is 96.1 Å². The van der Waals surface area contributed by atoms with Crippen molar-refractivity contribution in [2.75, 3.05) is 0 Å². The lowest BCUT2D eigenvalue weighted by atomic mass is 10.0. The number of benzene rings is 3. The first kappa shape index (κ1) is 14.7. The molecule has 0 N–H and O–H groups in total. The smallest absolute Gasteiger partial charge is 0.101 e. The van der Waals surface area contributed by atoms with E-state index in [2.05, 4.69) is 18.3 Å². The molecule has 1 aromatic heterocycles. The number of nitrogens with zero attached hydrogens (tertiary/aromatic N) is 2. The second-order valence-corrected chi connectivity index (χ2v) is 5.98. The van der Waals surface area contributed by atoms with Gasteiger partial charge >= 0.3 is 0 Å². The molecule has 0 aliphatic carbocycles. The second kappa shape index (κ2) is 6.34. The van der Waals surface area contributed by atoms with Crippen LogP contribution in [0.5, 0.6) is 0 Å². The van der Waals surface area contributed by atoms with Crippen LogP contribution in [0, 0.1) is 0 Å². The molecule has 0 unspecified atom stereocenters. The van der Waals surface area contributed by atoms with Crippen LogP contribution < -0.4 is 0 Å². The van der Waals surface area contributed by atoms with Crippen LogP contribution in [0.1, 0.15) is 0 Å². The van der Waals surface area contributed by atoms with Gasteiger partial charge in [-0.15, -0.1) is 0 Å². The van der Waals surface area contributed by atoms with Crippen LogP contribution in [0.15, 0.2) is 91.1 Å². The highest BCUT2D eigenvalue weighted by Crippen LogP contribution is 2.32. The summed E-state index contributed by atoms with van der Waals surface area (Å²) >= 11 is 6.04. The first-order chi connectivity index (χ1) is 11.8. The van der Waals surface area contributed by atoms with Gasteiger partial charge in [0.2, 0.25) is 0 Å². The normalized spacial score (nSPS) is 10.7. The van der Waals surface area contributed by atoms with Gasteiger partial charge in [-0.25, -0.2) is 4.68 Å². The van der Waals surface area contributed by atoms with E-state index in [9.17, 15) is 0 Å². The fraction of sp³-hybridized carbons (Fsp3) is 0. The van der Waals surface area contributed by atoms with Crippen molar-refractivity contribution in [1.29, 1.82) is 0 Å². The highest BCUT2D eigenvalue weighted by atomic mass is 35.5. The van der Waals surface area contributed by atoms with E-state index in [1.54, 1.807) is 0 Å². The van der Waals surface area contributed by atoms with Gasteiger partial charge in [0.05, 0.1) is 5.69 Å². The summed E-state index contributed by atoms with van der Waals surface area (Å²) in [6, 6.07) is 28.2. The molecule has 3 heteroatoms. The zero-order valence-electron chi connectivity index (χ0n) is 12.9. The van der Waals surface area contributed by atoms with Crippen LogP contribution in [0.4, 0.5) is 0 Å². The molecule has 0 aliphatic rings. The average Bonchev–Trinajstić information content (AvgIpc) is 3.09. The molecule has 0 aliphatic heterocycles. The Morgan fingerprint density at radius 1 is 0.667 bits per heavy atom. The van der Waals surface area contributed by atoms with Gasteiger partial charge in [0.15, 0.2) is 0 Å². The summed E-state index contributed by atoms with van der Waals surface area (Å²) in [6.07, 6.45) is 2.07. The molecule has 2 nitrogen and oxygen atoms in total. The molecule has 1 heterocycles. The Kier molecular flexibility index (Phi) is 3.89. The molecule has 24 heavy (non-hydrogen) atoms. The van der Waals surface area contributed by atoms with Crippen molar-refractivity contribution in [2.24, 2.45) is 0 Å². The van der Waals surface area contributed by atoms with E-state index in [1.165, 1.54) is 0 Å². The van der Waals surface area contributed by atoms with Gasteiger partial charge in [-0.2, -0.15) is 5.10 Å². The van der Waals surface area contributed by atoms with Crippen LogP contribution in [-0.2, 0) is 0 Å². The lowest BCUT2D eigenvalue weighted by molar-refractivity contribution is 0.884. The topological polar surface area (TPSA) is 17.8 Å². The maximum Gasteiger partial charge on any atom is 0.101 e. The third kappa shape index (κ3) is 2.84. The van der Waals surface area contributed by atoms with Crippen LogP contribution in [0.2, 0.25) is 5.02 Å². The fourth-order valence-electron chi connectivity index (χ4n) is 2.74. The Morgan fingerprint density at radius 3 is 1.96 bits per heavy atom. The van der Waals surface area contributed by atoms with E-state index in [-0.39, 0.29) is 0 Å². The SMILES string of the molecule is Clc1ccc(-c2cn(-c3ccccc3)nc2-c2ccccc2)cc1. The van der Waals surface area contributed by atoms with Gasteiger partial charge in [0.1, 0.15) is 5.69 Å². The van der Waals surface area contributed by atoms with Crippen molar-refractivity contribution in [1.82, 2.24) is 9.78 Å². The summed E-state index contributed by atoms with van der Waals surface area (Å²) in [4.78, 5) is 0. The van der Waals surface area contributed by atoms with Crippen LogP contribution in [-0.4, -0.2) is 9.78 Å². The molecule has 0 spiro atoms. The van der Waals surface area contributed by atoms with Crippen molar-refractivity contribution in [2.45, 2.75) is 0 Å².